The Kier molecular flexibility index (Phi) is 5.90. The number of rotatable bonds is 7. The molecule has 3 rings (SSSR count). The van der Waals surface area contributed by atoms with E-state index in [0.717, 1.165) is 17.0 Å². The molecule has 5 heteroatoms. The Morgan fingerprint density at radius 1 is 1.16 bits per heavy atom. The molecule has 0 aliphatic rings. The molecule has 128 valence electrons. The summed E-state index contributed by atoms with van der Waals surface area (Å²) in [4.78, 5) is 16.5. The third-order valence-corrected chi connectivity index (χ3v) is 5.15. The highest BCUT2D eigenvalue weighted by molar-refractivity contribution is 7.99. The van der Waals surface area contributed by atoms with Crippen molar-refractivity contribution in [1.29, 1.82) is 0 Å². The van der Waals surface area contributed by atoms with Crippen LogP contribution < -0.4 is 5.32 Å². The van der Waals surface area contributed by atoms with Gasteiger partial charge in [-0.05, 0) is 24.1 Å². The molecule has 2 aromatic carbocycles. The van der Waals surface area contributed by atoms with Crippen molar-refractivity contribution in [3.8, 4) is 5.69 Å². The lowest BCUT2D eigenvalue weighted by Gasteiger charge is -2.14. The summed E-state index contributed by atoms with van der Waals surface area (Å²) in [7, 11) is 0. The number of para-hydroxylation sites is 1. The van der Waals surface area contributed by atoms with Crippen molar-refractivity contribution in [2.24, 2.45) is 0 Å². The third kappa shape index (κ3) is 4.73. The molecular weight excluding hydrogens is 330 g/mol. The van der Waals surface area contributed by atoms with E-state index in [1.807, 2.05) is 60.2 Å². The van der Waals surface area contributed by atoms with Gasteiger partial charge in [0.15, 0.2) is 0 Å². The fourth-order valence-corrected chi connectivity index (χ4v) is 3.38. The second-order valence-electron chi connectivity index (χ2n) is 5.76. The summed E-state index contributed by atoms with van der Waals surface area (Å²) in [6, 6.07) is 18.2. The number of carbonyl (C=O) groups excluding carboxylic acids is 1. The van der Waals surface area contributed by atoms with Gasteiger partial charge in [-0.2, -0.15) is 0 Å². The van der Waals surface area contributed by atoms with Crippen LogP contribution in [-0.2, 0) is 17.1 Å². The van der Waals surface area contributed by atoms with Crippen LogP contribution in [0.25, 0.3) is 5.69 Å². The molecule has 0 fully saturated rings. The molecule has 0 aliphatic carbocycles. The first-order valence-corrected chi connectivity index (χ1v) is 9.28. The molecule has 1 heterocycles. The third-order valence-electron chi connectivity index (χ3n) is 3.94. The van der Waals surface area contributed by atoms with Crippen molar-refractivity contribution in [3.63, 3.8) is 0 Å². The molecule has 0 saturated heterocycles. The summed E-state index contributed by atoms with van der Waals surface area (Å²) in [5, 5.41) is 2.95. The summed E-state index contributed by atoms with van der Waals surface area (Å²) in [6.45, 7) is 2.45. The van der Waals surface area contributed by atoms with Crippen LogP contribution >= 0.6 is 11.8 Å². The fourth-order valence-electron chi connectivity index (χ4n) is 2.51. The van der Waals surface area contributed by atoms with Crippen LogP contribution in [0, 0.1) is 0 Å². The first-order valence-electron chi connectivity index (χ1n) is 8.23. The first kappa shape index (κ1) is 17.3. The predicted octanol–water partition coefficient (Wildman–Crippen LogP) is 3.81. The minimum atomic E-state index is -0.0967. The molecule has 0 spiro atoms. The summed E-state index contributed by atoms with van der Waals surface area (Å²) < 4.78 is 1.95. The van der Waals surface area contributed by atoms with Gasteiger partial charge in [-0.1, -0.05) is 48.5 Å². The van der Waals surface area contributed by atoms with Crippen molar-refractivity contribution in [2.45, 2.75) is 24.5 Å². The van der Waals surface area contributed by atoms with E-state index in [4.69, 9.17) is 0 Å². The maximum Gasteiger partial charge on any atom is 0.233 e. The van der Waals surface area contributed by atoms with Gasteiger partial charge in [-0.25, -0.2) is 4.98 Å². The van der Waals surface area contributed by atoms with Gasteiger partial charge in [-0.15, -0.1) is 11.8 Å². The maximum absolute atomic E-state index is 12.4. The Labute approximate surface area is 152 Å². The zero-order chi connectivity index (χ0) is 17.5. The van der Waals surface area contributed by atoms with E-state index < -0.39 is 0 Å². The molecule has 1 N–H and O–H groups in total. The van der Waals surface area contributed by atoms with E-state index in [2.05, 4.69) is 22.4 Å². The average molecular weight is 351 g/mol. The summed E-state index contributed by atoms with van der Waals surface area (Å²) >= 11 is 1.65. The summed E-state index contributed by atoms with van der Waals surface area (Å²) in [5.41, 5.74) is 3.33. The van der Waals surface area contributed by atoms with Gasteiger partial charge in [0.05, 0.1) is 17.3 Å². The molecule has 0 radical (unpaired) electrons. The molecule has 1 aromatic heterocycles. The van der Waals surface area contributed by atoms with Crippen molar-refractivity contribution >= 4 is 17.7 Å². The standard InChI is InChI=1S/C20H21N3OS/c1-16(25-14-17-7-3-2-4-8-17)20(24)22-13-18-9-5-6-10-19(18)23-12-11-21-15-23/h2-12,15-16H,13-14H2,1H3,(H,22,24). The zero-order valence-electron chi connectivity index (χ0n) is 14.1. The second kappa shape index (κ2) is 8.53. The number of nitrogens with zero attached hydrogens (tertiary/aromatic N) is 2. The number of benzene rings is 2. The van der Waals surface area contributed by atoms with Gasteiger partial charge in [0.25, 0.3) is 0 Å². The number of amides is 1. The van der Waals surface area contributed by atoms with E-state index in [9.17, 15) is 4.79 Å². The van der Waals surface area contributed by atoms with Gasteiger partial charge in [-0.3, -0.25) is 4.79 Å². The first-order chi connectivity index (χ1) is 12.2. The Hall–Kier alpha value is -2.53. The predicted molar refractivity (Wildman–Crippen MR) is 103 cm³/mol. The number of imidazole rings is 1. The highest BCUT2D eigenvalue weighted by Crippen LogP contribution is 2.18. The number of aromatic nitrogens is 2. The minimum absolute atomic E-state index is 0.0568. The van der Waals surface area contributed by atoms with Gasteiger partial charge < -0.3 is 9.88 Å². The number of hydrogen-bond donors (Lipinski definition) is 1. The lowest BCUT2D eigenvalue weighted by Crippen LogP contribution is -2.30. The van der Waals surface area contributed by atoms with Gasteiger partial charge >= 0.3 is 0 Å². The van der Waals surface area contributed by atoms with E-state index in [0.29, 0.717) is 6.54 Å². The van der Waals surface area contributed by atoms with E-state index >= 15 is 0 Å². The van der Waals surface area contributed by atoms with E-state index in [-0.39, 0.29) is 11.2 Å². The number of thioether (sulfide) groups is 1. The molecule has 4 nitrogen and oxygen atoms in total. The van der Waals surface area contributed by atoms with Crippen LogP contribution in [0.2, 0.25) is 0 Å². The number of carbonyl (C=O) groups is 1. The summed E-state index contributed by atoms with van der Waals surface area (Å²) in [5.74, 6) is 0.891. The van der Waals surface area contributed by atoms with Crippen LogP contribution in [0.5, 0.6) is 0 Å². The highest BCUT2D eigenvalue weighted by Gasteiger charge is 2.14. The van der Waals surface area contributed by atoms with E-state index in [1.54, 1.807) is 24.3 Å². The van der Waals surface area contributed by atoms with Crippen molar-refractivity contribution in [3.05, 3.63) is 84.4 Å². The van der Waals surface area contributed by atoms with Crippen LogP contribution in [-0.4, -0.2) is 20.7 Å². The molecule has 3 aromatic rings. The van der Waals surface area contributed by atoms with Gasteiger partial charge in [0, 0.05) is 24.7 Å². The topological polar surface area (TPSA) is 46.9 Å². The van der Waals surface area contributed by atoms with Crippen LogP contribution in [0.1, 0.15) is 18.1 Å². The Morgan fingerprint density at radius 3 is 2.68 bits per heavy atom. The molecule has 0 bridgehead atoms. The lowest BCUT2D eigenvalue weighted by atomic mass is 10.1. The minimum Gasteiger partial charge on any atom is -0.351 e. The SMILES string of the molecule is CC(SCc1ccccc1)C(=O)NCc1ccccc1-n1ccnc1. The fraction of sp³-hybridized carbons (Fsp3) is 0.200. The molecule has 0 saturated carbocycles. The number of nitrogens with one attached hydrogen (secondary N) is 1. The monoisotopic (exact) mass is 351 g/mol. The Bertz CT molecular complexity index is 803. The maximum atomic E-state index is 12.4. The molecule has 25 heavy (non-hydrogen) atoms. The van der Waals surface area contributed by atoms with Crippen molar-refractivity contribution in [2.75, 3.05) is 0 Å². The normalized spacial score (nSPS) is 11.9. The highest BCUT2D eigenvalue weighted by atomic mass is 32.2. The van der Waals surface area contributed by atoms with Crippen LogP contribution in [0.3, 0.4) is 0 Å². The van der Waals surface area contributed by atoms with Gasteiger partial charge in [0.2, 0.25) is 5.91 Å². The number of hydrogen-bond acceptors (Lipinski definition) is 3. The molecule has 1 atom stereocenters. The molecular formula is C20H21N3OS. The average Bonchev–Trinajstić information content (AvgIpc) is 3.20. The molecule has 1 amide bonds. The quantitative estimate of drug-likeness (QED) is 0.704. The lowest BCUT2D eigenvalue weighted by molar-refractivity contribution is -0.120. The zero-order valence-corrected chi connectivity index (χ0v) is 14.9. The van der Waals surface area contributed by atoms with Crippen LogP contribution in [0.15, 0.2) is 73.3 Å². The summed E-state index contributed by atoms with van der Waals surface area (Å²) in [6.07, 6.45) is 5.41. The van der Waals surface area contributed by atoms with Gasteiger partial charge in [0.1, 0.15) is 0 Å². The van der Waals surface area contributed by atoms with Crippen molar-refractivity contribution in [1.82, 2.24) is 14.9 Å². The smallest absolute Gasteiger partial charge is 0.233 e. The van der Waals surface area contributed by atoms with E-state index in [1.165, 1.54) is 5.56 Å². The molecule has 0 aliphatic heterocycles. The second-order valence-corrected chi connectivity index (χ2v) is 7.08. The Morgan fingerprint density at radius 2 is 1.92 bits per heavy atom. The molecule has 1 unspecified atom stereocenters. The van der Waals surface area contributed by atoms with Crippen molar-refractivity contribution < 1.29 is 4.79 Å². The van der Waals surface area contributed by atoms with Crippen LogP contribution in [0.4, 0.5) is 0 Å². The Balaban J connectivity index is 1.56. The largest absolute Gasteiger partial charge is 0.351 e.